The van der Waals surface area contributed by atoms with Crippen molar-refractivity contribution in [1.82, 2.24) is 15.1 Å². The number of benzene rings is 2. The lowest BCUT2D eigenvalue weighted by atomic mass is 10.1. The molecule has 27 heavy (non-hydrogen) atoms. The number of carbonyl (C=O) groups excluding carboxylic acids is 1. The largest absolute Gasteiger partial charge is 0.347 e. The minimum Gasteiger partial charge on any atom is -0.347 e. The van der Waals surface area contributed by atoms with Gasteiger partial charge in [-0.3, -0.25) is 9.59 Å². The summed E-state index contributed by atoms with van der Waals surface area (Å²) in [6.45, 7) is 5.08. The van der Waals surface area contributed by atoms with Crippen LogP contribution in [0.25, 0.3) is 10.8 Å². The van der Waals surface area contributed by atoms with Gasteiger partial charge < -0.3 is 5.32 Å². The maximum absolute atomic E-state index is 12.8. The molecule has 1 N–H and O–H groups in total. The summed E-state index contributed by atoms with van der Waals surface area (Å²) in [5.41, 5.74) is 2.35. The molecule has 0 unspecified atom stereocenters. The first kappa shape index (κ1) is 18.8. The number of hydrogen-bond acceptors (Lipinski definition) is 3. The molecule has 0 aliphatic carbocycles. The minimum absolute atomic E-state index is 0.142. The molecule has 1 heterocycles. The van der Waals surface area contributed by atoms with Crippen molar-refractivity contribution in [2.75, 3.05) is 0 Å². The van der Waals surface area contributed by atoms with Crippen LogP contribution in [-0.4, -0.2) is 15.7 Å². The first-order valence-corrected chi connectivity index (χ1v) is 9.44. The van der Waals surface area contributed by atoms with Crippen molar-refractivity contribution in [3.05, 3.63) is 75.7 Å². The first-order valence-electron chi connectivity index (χ1n) is 9.44. The number of amides is 1. The van der Waals surface area contributed by atoms with Crippen molar-refractivity contribution < 1.29 is 4.79 Å². The van der Waals surface area contributed by atoms with Gasteiger partial charge in [-0.1, -0.05) is 62.2 Å². The Morgan fingerprint density at radius 3 is 2.48 bits per heavy atom. The fraction of sp³-hybridized carbons (Fsp3) is 0.318. The molecule has 3 rings (SSSR count). The lowest BCUT2D eigenvalue weighted by Crippen LogP contribution is -2.30. The number of nitrogens with one attached hydrogen (secondary N) is 1. The van der Waals surface area contributed by atoms with E-state index < -0.39 is 0 Å². The van der Waals surface area contributed by atoms with Crippen LogP contribution in [-0.2, 0) is 13.1 Å². The fourth-order valence-corrected chi connectivity index (χ4v) is 3.13. The monoisotopic (exact) mass is 363 g/mol. The van der Waals surface area contributed by atoms with E-state index in [-0.39, 0.29) is 11.5 Å². The van der Waals surface area contributed by atoms with Crippen LogP contribution in [0.4, 0.5) is 0 Å². The zero-order valence-corrected chi connectivity index (χ0v) is 15.9. The third-order valence-corrected chi connectivity index (χ3v) is 4.76. The standard InChI is InChI=1S/C22H25N3O2/c1-3-4-9-14-25-22(27)19-13-8-7-12-18(19)20(24-25)21(26)23-15-17-11-6-5-10-16(17)2/h5-8,10-13H,3-4,9,14-15H2,1-2H3,(H,23,26). The highest BCUT2D eigenvalue weighted by Gasteiger charge is 2.16. The molecule has 1 amide bonds. The lowest BCUT2D eigenvalue weighted by Gasteiger charge is -2.12. The highest BCUT2D eigenvalue weighted by molar-refractivity contribution is 6.04. The lowest BCUT2D eigenvalue weighted by molar-refractivity contribution is 0.0945. The van der Waals surface area contributed by atoms with Crippen LogP contribution >= 0.6 is 0 Å². The van der Waals surface area contributed by atoms with Crippen LogP contribution in [0.5, 0.6) is 0 Å². The molecule has 0 saturated carbocycles. The zero-order valence-electron chi connectivity index (χ0n) is 15.9. The Morgan fingerprint density at radius 2 is 1.74 bits per heavy atom. The van der Waals surface area contributed by atoms with E-state index >= 15 is 0 Å². The van der Waals surface area contributed by atoms with Crippen molar-refractivity contribution in [1.29, 1.82) is 0 Å². The molecule has 0 spiro atoms. The molecule has 140 valence electrons. The Hall–Kier alpha value is -2.95. The van der Waals surface area contributed by atoms with E-state index in [1.165, 1.54) is 4.68 Å². The molecular weight excluding hydrogens is 338 g/mol. The number of carbonyl (C=O) groups is 1. The molecule has 5 heteroatoms. The van der Waals surface area contributed by atoms with Gasteiger partial charge in [0.05, 0.1) is 5.39 Å². The number of rotatable bonds is 7. The number of aryl methyl sites for hydroxylation is 2. The van der Waals surface area contributed by atoms with Crippen LogP contribution in [0.1, 0.15) is 47.8 Å². The van der Waals surface area contributed by atoms with Crippen LogP contribution in [0.3, 0.4) is 0 Å². The zero-order chi connectivity index (χ0) is 19.2. The molecule has 2 aromatic carbocycles. The van der Waals surface area contributed by atoms with E-state index in [2.05, 4.69) is 17.3 Å². The van der Waals surface area contributed by atoms with Crippen LogP contribution in [0.2, 0.25) is 0 Å². The van der Waals surface area contributed by atoms with Gasteiger partial charge in [0.1, 0.15) is 0 Å². The van der Waals surface area contributed by atoms with E-state index in [1.807, 2.05) is 43.3 Å². The Morgan fingerprint density at radius 1 is 1.04 bits per heavy atom. The number of hydrogen-bond donors (Lipinski definition) is 1. The minimum atomic E-state index is -0.265. The van der Waals surface area contributed by atoms with Gasteiger partial charge in [-0.25, -0.2) is 4.68 Å². The van der Waals surface area contributed by atoms with Gasteiger partial charge in [0.25, 0.3) is 11.5 Å². The average molecular weight is 363 g/mol. The molecule has 0 fully saturated rings. The summed E-state index contributed by atoms with van der Waals surface area (Å²) in [4.78, 5) is 25.5. The van der Waals surface area contributed by atoms with Gasteiger partial charge in [-0.2, -0.15) is 5.10 Å². The maximum atomic E-state index is 12.8. The summed E-state index contributed by atoms with van der Waals surface area (Å²) in [7, 11) is 0. The summed E-state index contributed by atoms with van der Waals surface area (Å²) < 4.78 is 1.43. The Kier molecular flexibility index (Phi) is 6.01. The Bertz CT molecular complexity index is 1010. The molecule has 0 aliphatic rings. The molecule has 1 aromatic heterocycles. The number of unbranched alkanes of at least 4 members (excludes halogenated alkanes) is 2. The number of nitrogens with zero attached hydrogens (tertiary/aromatic N) is 2. The topological polar surface area (TPSA) is 64.0 Å². The van der Waals surface area contributed by atoms with Crippen LogP contribution < -0.4 is 10.9 Å². The maximum Gasteiger partial charge on any atom is 0.274 e. The van der Waals surface area contributed by atoms with E-state index in [0.717, 1.165) is 30.4 Å². The third kappa shape index (κ3) is 4.25. The second-order valence-corrected chi connectivity index (χ2v) is 6.74. The summed E-state index contributed by atoms with van der Waals surface area (Å²) in [5.74, 6) is -0.265. The Labute approximate surface area is 159 Å². The Balaban J connectivity index is 1.92. The third-order valence-electron chi connectivity index (χ3n) is 4.76. The van der Waals surface area contributed by atoms with Crippen molar-refractivity contribution in [3.63, 3.8) is 0 Å². The molecule has 3 aromatic rings. The van der Waals surface area contributed by atoms with Crippen molar-refractivity contribution in [2.24, 2.45) is 0 Å². The van der Waals surface area contributed by atoms with E-state index in [0.29, 0.717) is 29.6 Å². The summed E-state index contributed by atoms with van der Waals surface area (Å²) >= 11 is 0. The highest BCUT2D eigenvalue weighted by atomic mass is 16.2. The van der Waals surface area contributed by atoms with Gasteiger partial charge in [-0.05, 0) is 30.5 Å². The van der Waals surface area contributed by atoms with Crippen LogP contribution in [0.15, 0.2) is 53.3 Å². The highest BCUT2D eigenvalue weighted by Crippen LogP contribution is 2.14. The molecule has 5 nitrogen and oxygen atoms in total. The van der Waals surface area contributed by atoms with Crippen molar-refractivity contribution in [3.8, 4) is 0 Å². The van der Waals surface area contributed by atoms with E-state index in [9.17, 15) is 9.59 Å². The molecule has 0 atom stereocenters. The number of fused-ring (bicyclic) bond motifs is 1. The number of aromatic nitrogens is 2. The van der Waals surface area contributed by atoms with Gasteiger partial charge >= 0.3 is 0 Å². The quantitative estimate of drug-likeness (QED) is 0.649. The summed E-state index contributed by atoms with van der Waals surface area (Å²) in [6, 6.07) is 15.1. The molecule has 0 aliphatic heterocycles. The van der Waals surface area contributed by atoms with Gasteiger partial charge in [0.2, 0.25) is 0 Å². The summed E-state index contributed by atoms with van der Waals surface area (Å²) in [6.07, 6.45) is 2.95. The van der Waals surface area contributed by atoms with Crippen LogP contribution in [0, 0.1) is 6.92 Å². The van der Waals surface area contributed by atoms with Gasteiger partial charge in [0, 0.05) is 18.5 Å². The van der Waals surface area contributed by atoms with Gasteiger partial charge in [0.15, 0.2) is 5.69 Å². The second kappa shape index (κ2) is 8.62. The predicted molar refractivity (Wildman–Crippen MR) is 108 cm³/mol. The molecular formula is C22H25N3O2. The fourth-order valence-electron chi connectivity index (χ4n) is 3.13. The SMILES string of the molecule is CCCCCn1nc(C(=O)NCc2ccccc2C)c2ccccc2c1=O. The molecule has 0 bridgehead atoms. The van der Waals surface area contributed by atoms with Crippen molar-refractivity contribution >= 4 is 16.7 Å². The van der Waals surface area contributed by atoms with E-state index in [1.54, 1.807) is 12.1 Å². The normalized spacial score (nSPS) is 10.9. The first-order chi connectivity index (χ1) is 13.1. The summed E-state index contributed by atoms with van der Waals surface area (Å²) in [5, 5.41) is 8.47. The second-order valence-electron chi connectivity index (χ2n) is 6.74. The van der Waals surface area contributed by atoms with Crippen molar-refractivity contribution in [2.45, 2.75) is 46.2 Å². The molecule has 0 saturated heterocycles. The predicted octanol–water partition coefficient (Wildman–Crippen LogP) is 3.83. The average Bonchev–Trinajstić information content (AvgIpc) is 2.69. The smallest absolute Gasteiger partial charge is 0.274 e. The van der Waals surface area contributed by atoms with Gasteiger partial charge in [-0.15, -0.1) is 0 Å². The van der Waals surface area contributed by atoms with E-state index in [4.69, 9.17) is 0 Å². The molecule has 0 radical (unpaired) electrons.